The van der Waals surface area contributed by atoms with Gasteiger partial charge < -0.3 is 4.74 Å². The molecule has 2 nitrogen and oxygen atoms in total. The van der Waals surface area contributed by atoms with Crippen molar-refractivity contribution in [1.82, 2.24) is 0 Å². The van der Waals surface area contributed by atoms with Crippen LogP contribution in [0.15, 0.2) is 4.99 Å². The summed E-state index contributed by atoms with van der Waals surface area (Å²) < 4.78 is 6.44. The van der Waals surface area contributed by atoms with Crippen LogP contribution in [-0.4, -0.2) is 29.2 Å². The highest BCUT2D eigenvalue weighted by Crippen LogP contribution is 2.30. The van der Waals surface area contributed by atoms with Gasteiger partial charge in [0.15, 0.2) is 5.72 Å². The molecule has 1 rings (SSSR count). The van der Waals surface area contributed by atoms with Crippen LogP contribution in [0.4, 0.5) is 0 Å². The predicted octanol–water partition coefficient (Wildman–Crippen LogP) is 2.20. The molecule has 0 radical (unpaired) electrons. The first-order valence-corrected chi connectivity index (χ1v) is 5.73. The Hall–Kier alpha value is 0.330. The summed E-state index contributed by atoms with van der Waals surface area (Å²) in [5, 5.41) is 0. The van der Waals surface area contributed by atoms with Gasteiger partial charge in [-0.25, -0.2) is 4.99 Å². The number of hydrogen-bond donors (Lipinski definition) is 0. The van der Waals surface area contributed by atoms with Crippen LogP contribution < -0.4 is 0 Å². The van der Waals surface area contributed by atoms with Crippen LogP contribution in [0, 0.1) is 0 Å². The zero-order chi connectivity index (χ0) is 8.32. The number of methoxy groups -OCH3 is 1. The van der Waals surface area contributed by atoms with Gasteiger partial charge in [0.25, 0.3) is 0 Å². The Morgan fingerprint density at radius 1 is 1.73 bits per heavy atom. The van der Waals surface area contributed by atoms with Crippen LogP contribution in [0.5, 0.6) is 0 Å². The predicted molar refractivity (Wildman–Crippen MR) is 53.4 cm³/mol. The number of rotatable bonds is 1. The smallest absolute Gasteiger partial charge is 0.158 e. The fourth-order valence-corrected chi connectivity index (χ4v) is 2.78. The average Bonchev–Trinajstić information content (AvgIpc) is 2.05. The van der Waals surface area contributed by atoms with Gasteiger partial charge in [0.2, 0.25) is 0 Å². The van der Waals surface area contributed by atoms with Gasteiger partial charge >= 0.3 is 0 Å². The van der Waals surface area contributed by atoms with Crippen molar-refractivity contribution in [3.8, 4) is 0 Å². The van der Waals surface area contributed by atoms with Gasteiger partial charge in [-0.05, 0) is 13.2 Å². The third kappa shape index (κ3) is 2.39. The fraction of sp³-hybridized carbons (Fsp3) is 0.857. The highest BCUT2D eigenvalue weighted by molar-refractivity contribution is 8.38. The van der Waals surface area contributed by atoms with Crippen LogP contribution >= 0.6 is 23.5 Å². The minimum Gasteiger partial charge on any atom is -0.357 e. The van der Waals surface area contributed by atoms with Crippen molar-refractivity contribution in [1.29, 1.82) is 0 Å². The Bertz CT molecular complexity index is 172. The van der Waals surface area contributed by atoms with E-state index in [9.17, 15) is 0 Å². The first kappa shape index (κ1) is 9.42. The minimum absolute atomic E-state index is 0.260. The molecule has 1 heterocycles. The van der Waals surface area contributed by atoms with Gasteiger partial charge in [0, 0.05) is 19.3 Å². The summed E-state index contributed by atoms with van der Waals surface area (Å²) in [6, 6.07) is 0. The van der Waals surface area contributed by atoms with Crippen LogP contribution in [0.25, 0.3) is 0 Å². The molecule has 1 unspecified atom stereocenters. The maximum absolute atomic E-state index is 5.30. The molecule has 0 fully saturated rings. The highest BCUT2D eigenvalue weighted by Gasteiger charge is 2.26. The molecule has 0 saturated carbocycles. The van der Waals surface area contributed by atoms with Crippen molar-refractivity contribution in [2.75, 3.05) is 19.1 Å². The molecule has 1 aliphatic heterocycles. The van der Waals surface area contributed by atoms with Gasteiger partial charge in [0.1, 0.15) is 4.38 Å². The van der Waals surface area contributed by atoms with E-state index in [1.54, 1.807) is 18.9 Å². The van der Waals surface area contributed by atoms with Crippen LogP contribution in [0.2, 0.25) is 0 Å². The summed E-state index contributed by atoms with van der Waals surface area (Å²) in [5.74, 6) is 1.12. The summed E-state index contributed by atoms with van der Waals surface area (Å²) in [7, 11) is 1.72. The number of thioether (sulfide) groups is 2. The highest BCUT2D eigenvalue weighted by atomic mass is 32.2. The fourth-order valence-electron chi connectivity index (χ4n) is 0.861. The Morgan fingerprint density at radius 3 is 3.00 bits per heavy atom. The van der Waals surface area contributed by atoms with E-state index in [0.29, 0.717) is 0 Å². The van der Waals surface area contributed by atoms with Crippen molar-refractivity contribution in [3.05, 3.63) is 0 Å². The molecule has 0 saturated heterocycles. The van der Waals surface area contributed by atoms with Gasteiger partial charge in [0.05, 0.1) is 0 Å². The Balaban J connectivity index is 2.69. The largest absolute Gasteiger partial charge is 0.357 e. The monoisotopic (exact) mass is 191 g/mol. The molecule has 0 N–H and O–H groups in total. The SMILES string of the molecule is COC1(C)CCSC(SC)=N1. The van der Waals surface area contributed by atoms with Crippen LogP contribution in [0.3, 0.4) is 0 Å². The van der Waals surface area contributed by atoms with Crippen molar-refractivity contribution in [3.63, 3.8) is 0 Å². The van der Waals surface area contributed by atoms with Crippen molar-refractivity contribution in [2.24, 2.45) is 4.99 Å². The number of aliphatic imine (C=N–C) groups is 1. The van der Waals surface area contributed by atoms with Crippen molar-refractivity contribution >= 4 is 27.9 Å². The number of ether oxygens (including phenoxy) is 1. The van der Waals surface area contributed by atoms with E-state index >= 15 is 0 Å². The zero-order valence-electron chi connectivity index (χ0n) is 7.09. The van der Waals surface area contributed by atoms with Crippen molar-refractivity contribution in [2.45, 2.75) is 19.1 Å². The molecular weight excluding hydrogens is 178 g/mol. The Morgan fingerprint density at radius 2 is 2.45 bits per heavy atom. The molecular formula is C7H13NOS2. The molecule has 0 aliphatic carbocycles. The molecule has 4 heteroatoms. The summed E-state index contributed by atoms with van der Waals surface area (Å²) in [6.45, 7) is 2.03. The molecule has 0 aromatic carbocycles. The number of nitrogens with zero attached hydrogens (tertiary/aromatic N) is 1. The summed E-state index contributed by atoms with van der Waals surface area (Å²) >= 11 is 3.51. The van der Waals surface area contributed by atoms with E-state index in [1.165, 1.54) is 0 Å². The second-order valence-corrected chi connectivity index (χ2v) is 4.70. The standard InChI is InChI=1S/C7H13NOS2/c1-7(9-2)4-5-11-6(8-7)10-3/h4-5H2,1-3H3. The lowest BCUT2D eigenvalue weighted by molar-refractivity contribution is 0.0118. The summed E-state index contributed by atoms with van der Waals surface area (Å²) in [4.78, 5) is 4.47. The lowest BCUT2D eigenvalue weighted by atomic mass is 10.2. The molecule has 1 atom stereocenters. The molecule has 1 aliphatic rings. The van der Waals surface area contributed by atoms with Gasteiger partial charge in [-0.2, -0.15) is 0 Å². The molecule has 0 aromatic heterocycles. The Labute approximate surface area is 76.2 Å². The maximum atomic E-state index is 5.30. The molecule has 11 heavy (non-hydrogen) atoms. The first-order chi connectivity index (χ1) is 5.20. The van der Waals surface area contributed by atoms with E-state index in [2.05, 4.69) is 4.99 Å². The third-order valence-electron chi connectivity index (χ3n) is 1.73. The molecule has 0 amide bonds. The molecule has 0 spiro atoms. The summed E-state index contributed by atoms with van der Waals surface area (Å²) in [5.41, 5.74) is -0.260. The lowest BCUT2D eigenvalue weighted by Crippen LogP contribution is -2.29. The van der Waals surface area contributed by atoms with E-state index in [4.69, 9.17) is 4.74 Å². The average molecular weight is 191 g/mol. The second kappa shape index (κ2) is 3.83. The first-order valence-electron chi connectivity index (χ1n) is 3.52. The number of hydrogen-bond acceptors (Lipinski definition) is 4. The minimum atomic E-state index is -0.260. The van der Waals surface area contributed by atoms with E-state index in [-0.39, 0.29) is 5.72 Å². The van der Waals surface area contributed by atoms with Crippen LogP contribution in [0.1, 0.15) is 13.3 Å². The third-order valence-corrected chi connectivity index (χ3v) is 3.77. The van der Waals surface area contributed by atoms with Gasteiger partial charge in [-0.1, -0.05) is 11.8 Å². The normalized spacial score (nSPS) is 31.7. The van der Waals surface area contributed by atoms with Crippen molar-refractivity contribution < 1.29 is 4.74 Å². The summed E-state index contributed by atoms with van der Waals surface area (Å²) in [6.07, 6.45) is 3.06. The quantitative estimate of drug-likeness (QED) is 0.634. The van der Waals surface area contributed by atoms with Gasteiger partial charge in [-0.3, -0.25) is 0 Å². The van der Waals surface area contributed by atoms with E-state index in [0.717, 1.165) is 16.5 Å². The molecule has 0 aromatic rings. The van der Waals surface area contributed by atoms with E-state index in [1.807, 2.05) is 24.9 Å². The van der Waals surface area contributed by atoms with Crippen LogP contribution in [-0.2, 0) is 4.74 Å². The molecule has 64 valence electrons. The zero-order valence-corrected chi connectivity index (χ0v) is 8.72. The maximum Gasteiger partial charge on any atom is 0.158 e. The van der Waals surface area contributed by atoms with E-state index < -0.39 is 0 Å². The Kier molecular flexibility index (Phi) is 3.28. The second-order valence-electron chi connectivity index (χ2n) is 2.56. The molecule has 0 bridgehead atoms. The lowest BCUT2D eigenvalue weighted by Gasteiger charge is -2.27. The van der Waals surface area contributed by atoms with Gasteiger partial charge in [-0.15, -0.1) is 11.8 Å². The topological polar surface area (TPSA) is 21.6 Å².